The number of imidazole rings is 1. The van der Waals surface area contributed by atoms with E-state index in [-0.39, 0.29) is 0 Å². The van der Waals surface area contributed by atoms with Gasteiger partial charge in [0, 0.05) is 5.39 Å². The summed E-state index contributed by atoms with van der Waals surface area (Å²) in [6.45, 7) is 0. The molecule has 0 saturated carbocycles. The van der Waals surface area contributed by atoms with E-state index < -0.39 is 0 Å². The van der Waals surface area contributed by atoms with Crippen molar-refractivity contribution >= 4 is 22.0 Å². The fraction of sp³-hybridized carbons (Fsp3) is 0. The molecule has 3 heteroatoms. The summed E-state index contributed by atoms with van der Waals surface area (Å²) in [5, 5.41) is 1.01. The normalized spacial score (nSPS) is 11.1. The first-order valence-electron chi connectivity index (χ1n) is 4.02. The van der Waals surface area contributed by atoms with Gasteiger partial charge in [-0.15, -0.1) is 0 Å². The summed E-state index contributed by atoms with van der Waals surface area (Å²) in [7, 11) is 0. The molecule has 3 aromatic rings. The number of aromatic nitrogens is 2. The van der Waals surface area contributed by atoms with E-state index in [0.717, 1.165) is 22.0 Å². The quantitative estimate of drug-likeness (QED) is 0.520. The molecular formula is C10H6N2O. The molecule has 2 aromatic heterocycles. The first-order valence-corrected chi connectivity index (χ1v) is 4.02. The standard InChI is InChI=1S/C10H6N2O/c1-2-7-9(13-5-1)4-3-8-10(7)12-6-11-8/h1-6H. The van der Waals surface area contributed by atoms with Crippen molar-refractivity contribution in [3.63, 3.8) is 0 Å². The SMILES string of the molecule is c1coc2ccc3ncnc3c2c1. The molecule has 3 rings (SSSR count). The molecule has 62 valence electrons. The molecule has 0 aliphatic carbocycles. The first-order chi connectivity index (χ1) is 6.45. The van der Waals surface area contributed by atoms with E-state index in [0.29, 0.717) is 0 Å². The van der Waals surface area contributed by atoms with Gasteiger partial charge in [0.1, 0.15) is 17.4 Å². The van der Waals surface area contributed by atoms with Crippen LogP contribution in [0.2, 0.25) is 0 Å². The number of nitrogens with zero attached hydrogens (tertiary/aromatic N) is 2. The van der Waals surface area contributed by atoms with Crippen molar-refractivity contribution in [3.05, 3.63) is 36.9 Å². The minimum atomic E-state index is 0.843. The molecule has 0 bridgehead atoms. The van der Waals surface area contributed by atoms with Crippen LogP contribution in [-0.4, -0.2) is 9.97 Å². The molecule has 0 amide bonds. The van der Waals surface area contributed by atoms with Crippen LogP contribution in [0.3, 0.4) is 0 Å². The van der Waals surface area contributed by atoms with Gasteiger partial charge in [0.25, 0.3) is 0 Å². The van der Waals surface area contributed by atoms with Crippen molar-refractivity contribution < 1.29 is 4.42 Å². The second kappa shape index (κ2) is 2.29. The summed E-state index contributed by atoms with van der Waals surface area (Å²) in [4.78, 5) is 8.29. The number of benzene rings is 1. The molecule has 0 aliphatic rings. The maximum atomic E-state index is 5.32. The Bertz CT molecular complexity index is 571. The third-order valence-corrected chi connectivity index (χ3v) is 2.08. The molecule has 0 fully saturated rings. The predicted molar refractivity (Wildman–Crippen MR) is 49.3 cm³/mol. The van der Waals surface area contributed by atoms with E-state index in [1.165, 1.54) is 0 Å². The van der Waals surface area contributed by atoms with Gasteiger partial charge in [-0.2, -0.15) is 0 Å². The Morgan fingerprint density at radius 3 is 3.08 bits per heavy atom. The summed E-state index contributed by atoms with van der Waals surface area (Å²) in [6, 6.07) is 7.66. The minimum absolute atomic E-state index is 0.843. The summed E-state index contributed by atoms with van der Waals surface area (Å²) >= 11 is 0. The van der Waals surface area contributed by atoms with Crippen molar-refractivity contribution in [3.8, 4) is 0 Å². The average molecular weight is 170 g/mol. The largest absolute Gasteiger partial charge is 0.464 e. The van der Waals surface area contributed by atoms with Gasteiger partial charge < -0.3 is 4.42 Å². The zero-order chi connectivity index (χ0) is 8.67. The molecule has 0 atom stereocenters. The Labute approximate surface area is 74.0 Å². The first kappa shape index (κ1) is 6.60. The number of hydrogen-bond acceptors (Lipinski definition) is 3. The van der Waals surface area contributed by atoms with Crippen LogP contribution in [0, 0.1) is 0 Å². The van der Waals surface area contributed by atoms with Gasteiger partial charge in [-0.3, -0.25) is 0 Å². The van der Waals surface area contributed by atoms with Crippen molar-refractivity contribution in [2.45, 2.75) is 0 Å². The molecule has 3 nitrogen and oxygen atoms in total. The van der Waals surface area contributed by atoms with Crippen LogP contribution in [0.25, 0.3) is 22.0 Å². The molecule has 0 radical (unpaired) electrons. The van der Waals surface area contributed by atoms with Crippen LogP contribution < -0.4 is 0 Å². The smallest absolute Gasteiger partial charge is 0.136 e. The van der Waals surface area contributed by atoms with Crippen LogP contribution in [0.5, 0.6) is 0 Å². The average Bonchev–Trinajstić information content (AvgIpc) is 2.65. The summed E-state index contributed by atoms with van der Waals surface area (Å²) in [6.07, 6.45) is 3.22. The van der Waals surface area contributed by atoms with Gasteiger partial charge in [0.2, 0.25) is 0 Å². The minimum Gasteiger partial charge on any atom is -0.464 e. The van der Waals surface area contributed by atoms with E-state index in [1.54, 1.807) is 12.6 Å². The van der Waals surface area contributed by atoms with Crippen molar-refractivity contribution in [2.24, 2.45) is 0 Å². The van der Waals surface area contributed by atoms with Gasteiger partial charge in [0.15, 0.2) is 0 Å². The molecular weight excluding hydrogens is 164 g/mol. The lowest BCUT2D eigenvalue weighted by Gasteiger charge is -1.95. The summed E-state index contributed by atoms with van der Waals surface area (Å²) in [5.41, 5.74) is 2.66. The lowest BCUT2D eigenvalue weighted by Crippen LogP contribution is -1.74. The predicted octanol–water partition coefficient (Wildman–Crippen LogP) is 2.38. The number of hydrogen-bond donors (Lipinski definition) is 0. The van der Waals surface area contributed by atoms with Gasteiger partial charge >= 0.3 is 0 Å². The molecule has 0 unspecified atom stereocenters. The lowest BCUT2D eigenvalue weighted by atomic mass is 10.2. The fourth-order valence-electron chi connectivity index (χ4n) is 1.48. The molecule has 13 heavy (non-hydrogen) atoms. The van der Waals surface area contributed by atoms with Crippen molar-refractivity contribution in [1.82, 2.24) is 9.97 Å². The Balaban J connectivity index is 2.65. The Morgan fingerprint density at radius 2 is 2.08 bits per heavy atom. The van der Waals surface area contributed by atoms with Crippen LogP contribution in [0.4, 0.5) is 0 Å². The van der Waals surface area contributed by atoms with Gasteiger partial charge in [-0.05, 0) is 24.3 Å². The van der Waals surface area contributed by atoms with Gasteiger partial charge in [-0.1, -0.05) is 0 Å². The zero-order valence-electron chi connectivity index (χ0n) is 6.77. The molecule has 0 aliphatic heterocycles. The molecule has 2 heterocycles. The molecule has 0 spiro atoms. The Kier molecular flexibility index (Phi) is 1.16. The molecule has 1 aromatic carbocycles. The topological polar surface area (TPSA) is 38.9 Å². The highest BCUT2D eigenvalue weighted by molar-refractivity contribution is 6.01. The van der Waals surface area contributed by atoms with Gasteiger partial charge in [-0.25, -0.2) is 9.97 Å². The van der Waals surface area contributed by atoms with E-state index in [9.17, 15) is 0 Å². The third kappa shape index (κ3) is 0.839. The monoisotopic (exact) mass is 170 g/mol. The van der Waals surface area contributed by atoms with Crippen molar-refractivity contribution in [2.75, 3.05) is 0 Å². The van der Waals surface area contributed by atoms with E-state index in [4.69, 9.17) is 4.42 Å². The van der Waals surface area contributed by atoms with E-state index >= 15 is 0 Å². The number of fused-ring (bicyclic) bond motifs is 3. The maximum Gasteiger partial charge on any atom is 0.136 e. The summed E-state index contributed by atoms with van der Waals surface area (Å²) < 4.78 is 5.32. The molecule has 0 N–H and O–H groups in total. The van der Waals surface area contributed by atoms with Crippen LogP contribution in [0.1, 0.15) is 0 Å². The fourth-order valence-corrected chi connectivity index (χ4v) is 1.48. The van der Waals surface area contributed by atoms with E-state index in [1.807, 2.05) is 24.3 Å². The van der Waals surface area contributed by atoms with Crippen molar-refractivity contribution in [1.29, 1.82) is 0 Å². The van der Waals surface area contributed by atoms with Crippen LogP contribution in [-0.2, 0) is 0 Å². The van der Waals surface area contributed by atoms with E-state index in [2.05, 4.69) is 9.97 Å². The lowest BCUT2D eigenvalue weighted by molar-refractivity contribution is 0.604. The second-order valence-electron chi connectivity index (χ2n) is 2.83. The second-order valence-corrected chi connectivity index (χ2v) is 2.83. The van der Waals surface area contributed by atoms with Crippen LogP contribution >= 0.6 is 0 Å². The maximum absolute atomic E-state index is 5.32. The Hall–Kier alpha value is -1.90. The van der Waals surface area contributed by atoms with Crippen LogP contribution in [0.15, 0.2) is 41.3 Å². The molecule has 0 saturated heterocycles. The summed E-state index contributed by atoms with van der Waals surface area (Å²) in [5.74, 6) is 0. The third-order valence-electron chi connectivity index (χ3n) is 2.08. The number of rotatable bonds is 0. The highest BCUT2D eigenvalue weighted by atomic mass is 16.3. The highest BCUT2D eigenvalue weighted by Gasteiger charge is 2.02. The Morgan fingerprint density at radius 1 is 1.08 bits per heavy atom. The van der Waals surface area contributed by atoms with Gasteiger partial charge in [0.05, 0.1) is 11.8 Å². The highest BCUT2D eigenvalue weighted by Crippen LogP contribution is 2.21. The zero-order valence-corrected chi connectivity index (χ0v) is 6.77.